The van der Waals surface area contributed by atoms with Gasteiger partial charge in [-0.25, -0.2) is 9.97 Å². The number of nitrogens with one attached hydrogen (secondary N) is 1. The van der Waals surface area contributed by atoms with E-state index in [4.69, 9.17) is 14.7 Å². The van der Waals surface area contributed by atoms with Gasteiger partial charge < -0.3 is 10.1 Å². The molecule has 5 heteroatoms. The lowest BCUT2D eigenvalue weighted by Crippen LogP contribution is -2.52. The van der Waals surface area contributed by atoms with Gasteiger partial charge in [0, 0.05) is 37.0 Å². The van der Waals surface area contributed by atoms with Crippen LogP contribution in [-0.2, 0) is 4.74 Å². The Kier molecular flexibility index (Phi) is 3.82. The summed E-state index contributed by atoms with van der Waals surface area (Å²) in [5.41, 5.74) is 3.14. The van der Waals surface area contributed by atoms with Crippen molar-refractivity contribution in [1.82, 2.24) is 15.0 Å². The highest BCUT2D eigenvalue weighted by Crippen LogP contribution is 2.49. The maximum Gasteiger partial charge on any atom is 0.126 e. The van der Waals surface area contributed by atoms with E-state index in [1.54, 1.807) is 6.20 Å². The van der Waals surface area contributed by atoms with Crippen molar-refractivity contribution in [2.75, 3.05) is 18.5 Å². The van der Waals surface area contributed by atoms with E-state index in [0.29, 0.717) is 11.5 Å². The highest BCUT2D eigenvalue weighted by atomic mass is 16.5. The zero-order valence-corrected chi connectivity index (χ0v) is 14.7. The Hall–Kier alpha value is -2.53. The van der Waals surface area contributed by atoms with Crippen molar-refractivity contribution in [1.29, 1.82) is 0 Å². The van der Waals surface area contributed by atoms with E-state index in [1.807, 2.05) is 24.4 Å². The summed E-state index contributed by atoms with van der Waals surface area (Å²) >= 11 is 0. The lowest BCUT2D eigenvalue weighted by Gasteiger charge is -2.52. The molecular formula is C21H22N4O. The van der Waals surface area contributed by atoms with Gasteiger partial charge in [-0.3, -0.25) is 4.98 Å². The molecule has 1 saturated heterocycles. The molecule has 3 aromatic rings. The average molecular weight is 346 g/mol. The summed E-state index contributed by atoms with van der Waals surface area (Å²) in [6.45, 7) is 1.78. The molecule has 2 aliphatic rings. The number of rotatable bonds is 3. The molecule has 1 unspecified atom stereocenters. The van der Waals surface area contributed by atoms with Crippen LogP contribution in [0.2, 0.25) is 0 Å². The Morgan fingerprint density at radius 3 is 2.69 bits per heavy atom. The minimum Gasteiger partial charge on any atom is -0.381 e. The predicted molar refractivity (Wildman–Crippen MR) is 102 cm³/mol. The number of fused-ring (bicyclic) bond motifs is 1. The smallest absolute Gasteiger partial charge is 0.126 e. The van der Waals surface area contributed by atoms with E-state index in [0.717, 1.165) is 54.2 Å². The van der Waals surface area contributed by atoms with Crippen molar-refractivity contribution < 1.29 is 4.74 Å². The maximum atomic E-state index is 5.56. The van der Waals surface area contributed by atoms with E-state index in [1.165, 1.54) is 12.8 Å². The fraction of sp³-hybridized carbons (Fsp3) is 0.381. The first-order valence-corrected chi connectivity index (χ1v) is 9.35. The molecule has 1 atom stereocenters. The van der Waals surface area contributed by atoms with Crippen LogP contribution in [0.15, 0.2) is 48.8 Å². The van der Waals surface area contributed by atoms with E-state index in [9.17, 15) is 0 Å². The van der Waals surface area contributed by atoms with E-state index in [2.05, 4.69) is 28.5 Å². The number of hydrogen-bond acceptors (Lipinski definition) is 5. The van der Waals surface area contributed by atoms with Crippen molar-refractivity contribution in [3.05, 3.63) is 48.8 Å². The van der Waals surface area contributed by atoms with Crippen LogP contribution in [0, 0.1) is 5.41 Å². The second kappa shape index (κ2) is 6.32. The molecular weight excluding hydrogens is 324 g/mol. The molecule has 3 aromatic heterocycles. The van der Waals surface area contributed by atoms with Crippen molar-refractivity contribution in [3.63, 3.8) is 0 Å². The number of anilines is 1. The zero-order chi connectivity index (χ0) is 17.4. The molecule has 1 aliphatic heterocycles. The van der Waals surface area contributed by atoms with Crippen molar-refractivity contribution in [3.8, 4) is 11.4 Å². The summed E-state index contributed by atoms with van der Waals surface area (Å²) in [6.07, 6.45) is 8.44. The van der Waals surface area contributed by atoms with Crippen LogP contribution in [0.4, 0.5) is 5.82 Å². The molecule has 1 saturated carbocycles. The topological polar surface area (TPSA) is 59.9 Å². The quantitative estimate of drug-likeness (QED) is 0.775. The fourth-order valence-electron chi connectivity index (χ4n) is 4.24. The van der Waals surface area contributed by atoms with Crippen LogP contribution >= 0.6 is 0 Å². The van der Waals surface area contributed by atoms with Gasteiger partial charge in [0.25, 0.3) is 0 Å². The third-order valence-corrected chi connectivity index (χ3v) is 5.98. The monoisotopic (exact) mass is 346 g/mol. The molecule has 4 heterocycles. The fourth-order valence-corrected chi connectivity index (χ4v) is 4.24. The molecule has 1 N–H and O–H groups in total. The van der Waals surface area contributed by atoms with Gasteiger partial charge >= 0.3 is 0 Å². The van der Waals surface area contributed by atoms with Gasteiger partial charge in [0.2, 0.25) is 0 Å². The minimum atomic E-state index is 0.407. The van der Waals surface area contributed by atoms with Gasteiger partial charge in [0.15, 0.2) is 0 Å². The van der Waals surface area contributed by atoms with E-state index >= 15 is 0 Å². The van der Waals surface area contributed by atoms with E-state index in [-0.39, 0.29) is 0 Å². The Balaban J connectivity index is 1.40. The zero-order valence-electron chi connectivity index (χ0n) is 14.7. The molecule has 0 radical (unpaired) electrons. The van der Waals surface area contributed by atoms with Crippen molar-refractivity contribution >= 4 is 16.7 Å². The molecule has 26 heavy (non-hydrogen) atoms. The standard InChI is InChI=1S/C21H22N4O/c1-2-17(18-5-4-15-14-22-11-7-16(15)23-18)24-20(3-1)25-19-6-8-21(19)9-12-26-13-10-21/h1-5,7,11,14,19H,6,8-10,12-13H2,(H,24,25). The lowest BCUT2D eigenvalue weighted by molar-refractivity contribution is -0.0378. The second-order valence-electron chi connectivity index (χ2n) is 7.38. The molecule has 1 aliphatic carbocycles. The molecule has 2 fully saturated rings. The summed E-state index contributed by atoms with van der Waals surface area (Å²) in [5.74, 6) is 0.940. The maximum absolute atomic E-state index is 5.56. The third-order valence-electron chi connectivity index (χ3n) is 5.98. The Morgan fingerprint density at radius 1 is 0.962 bits per heavy atom. The Labute approximate surface area is 152 Å². The summed E-state index contributed by atoms with van der Waals surface area (Å²) in [5, 5.41) is 4.72. The second-order valence-corrected chi connectivity index (χ2v) is 7.38. The molecule has 5 rings (SSSR count). The molecule has 132 valence electrons. The van der Waals surface area contributed by atoms with Crippen molar-refractivity contribution in [2.45, 2.75) is 31.7 Å². The molecule has 1 spiro atoms. The van der Waals surface area contributed by atoms with Crippen LogP contribution in [-0.4, -0.2) is 34.2 Å². The SMILES string of the molecule is c1cc(NC2CCC23CCOCC3)nc(-c2ccc3cnccc3n2)c1. The minimum absolute atomic E-state index is 0.407. The van der Waals surface area contributed by atoms with E-state index < -0.39 is 0 Å². The lowest BCUT2D eigenvalue weighted by atomic mass is 9.60. The number of aromatic nitrogens is 3. The molecule has 0 bridgehead atoms. The highest BCUT2D eigenvalue weighted by molar-refractivity contribution is 5.80. The van der Waals surface area contributed by atoms with Gasteiger partial charge in [0.05, 0.1) is 16.9 Å². The molecule has 0 amide bonds. The van der Waals surface area contributed by atoms with Crippen LogP contribution < -0.4 is 5.32 Å². The van der Waals surface area contributed by atoms with Gasteiger partial charge in [-0.1, -0.05) is 6.07 Å². The number of ether oxygens (including phenoxy) is 1. The van der Waals surface area contributed by atoms with Crippen molar-refractivity contribution in [2.24, 2.45) is 5.41 Å². The van der Waals surface area contributed by atoms with Gasteiger partial charge in [-0.2, -0.15) is 0 Å². The summed E-state index contributed by atoms with van der Waals surface area (Å²) < 4.78 is 5.56. The highest BCUT2D eigenvalue weighted by Gasteiger charge is 2.47. The first-order valence-electron chi connectivity index (χ1n) is 9.35. The number of nitrogens with zero attached hydrogens (tertiary/aromatic N) is 3. The normalized spacial score (nSPS) is 21.5. The van der Waals surface area contributed by atoms with Crippen LogP contribution in [0.5, 0.6) is 0 Å². The van der Waals surface area contributed by atoms with Gasteiger partial charge in [0.1, 0.15) is 5.82 Å². The van der Waals surface area contributed by atoms with Gasteiger partial charge in [-0.15, -0.1) is 0 Å². The number of pyridine rings is 3. The molecule has 5 nitrogen and oxygen atoms in total. The first-order chi connectivity index (χ1) is 12.8. The molecule has 0 aromatic carbocycles. The average Bonchev–Trinajstić information content (AvgIpc) is 2.72. The number of hydrogen-bond donors (Lipinski definition) is 1. The Morgan fingerprint density at radius 2 is 1.85 bits per heavy atom. The van der Waals surface area contributed by atoms with Crippen LogP contribution in [0.1, 0.15) is 25.7 Å². The summed E-state index contributed by atoms with van der Waals surface area (Å²) in [6, 6.07) is 12.6. The van der Waals surface area contributed by atoms with Gasteiger partial charge in [-0.05, 0) is 61.4 Å². The first kappa shape index (κ1) is 15.7. The predicted octanol–water partition coefficient (Wildman–Crippen LogP) is 4.06. The summed E-state index contributed by atoms with van der Waals surface area (Å²) in [7, 11) is 0. The van der Waals surface area contributed by atoms with Crippen LogP contribution in [0.25, 0.3) is 22.3 Å². The van der Waals surface area contributed by atoms with Crippen LogP contribution in [0.3, 0.4) is 0 Å². The summed E-state index contributed by atoms with van der Waals surface area (Å²) in [4.78, 5) is 13.7. The Bertz CT molecular complexity index is 936. The largest absolute Gasteiger partial charge is 0.381 e. The third kappa shape index (κ3) is 2.72.